The number of benzene rings is 1. The highest BCUT2D eigenvalue weighted by Gasteiger charge is 2.32. The predicted molar refractivity (Wildman–Crippen MR) is 104 cm³/mol. The third-order valence-corrected chi connectivity index (χ3v) is 5.83. The number of hydrogen-bond donors (Lipinski definition) is 0. The van der Waals surface area contributed by atoms with Crippen LogP contribution in [-0.2, 0) is 9.59 Å². The Morgan fingerprint density at radius 2 is 1.62 bits per heavy atom. The molecule has 1 atom stereocenters. The Labute approximate surface area is 163 Å². The van der Waals surface area contributed by atoms with Crippen molar-refractivity contribution in [2.24, 2.45) is 5.92 Å². The normalized spacial score (nSPS) is 19.9. The second-order valence-corrected chi connectivity index (χ2v) is 8.12. The van der Waals surface area contributed by atoms with Crippen molar-refractivity contribution in [2.75, 3.05) is 26.2 Å². The molecule has 0 radical (unpaired) electrons. The quantitative estimate of drug-likeness (QED) is 0.746. The van der Waals surface area contributed by atoms with E-state index in [1.54, 1.807) is 6.92 Å². The van der Waals surface area contributed by atoms with Gasteiger partial charge in [-0.3, -0.25) is 9.59 Å². The molecule has 2 amide bonds. The van der Waals surface area contributed by atoms with Gasteiger partial charge in [0.25, 0.3) is 5.91 Å². The molecular weight excluding hydrogens is 396 g/mol. The topological polar surface area (TPSA) is 49.9 Å². The van der Waals surface area contributed by atoms with Gasteiger partial charge in [-0.1, -0.05) is 15.9 Å². The number of likely N-dealkylation sites (tertiary alicyclic amines) is 2. The summed E-state index contributed by atoms with van der Waals surface area (Å²) in [6.45, 7) is 4.86. The van der Waals surface area contributed by atoms with Crippen molar-refractivity contribution in [3.05, 3.63) is 28.7 Å². The Morgan fingerprint density at radius 1 is 1.00 bits per heavy atom. The lowest BCUT2D eigenvalue weighted by Crippen LogP contribution is -2.48. The molecule has 0 aromatic heterocycles. The molecule has 2 saturated heterocycles. The Kier molecular flexibility index (Phi) is 6.57. The van der Waals surface area contributed by atoms with Crippen LogP contribution in [0.5, 0.6) is 5.75 Å². The van der Waals surface area contributed by atoms with Crippen molar-refractivity contribution in [3.8, 4) is 5.75 Å². The molecule has 26 heavy (non-hydrogen) atoms. The highest BCUT2D eigenvalue weighted by molar-refractivity contribution is 9.10. The first-order valence-corrected chi connectivity index (χ1v) is 10.3. The number of hydrogen-bond acceptors (Lipinski definition) is 3. The first-order chi connectivity index (χ1) is 12.5. The Hall–Kier alpha value is -1.56. The maximum atomic E-state index is 12.6. The van der Waals surface area contributed by atoms with Crippen molar-refractivity contribution in [2.45, 2.75) is 45.1 Å². The van der Waals surface area contributed by atoms with Crippen LogP contribution in [0.1, 0.15) is 39.0 Å². The molecule has 1 unspecified atom stereocenters. The van der Waals surface area contributed by atoms with Gasteiger partial charge < -0.3 is 14.5 Å². The minimum atomic E-state index is -0.523. The summed E-state index contributed by atoms with van der Waals surface area (Å²) >= 11 is 3.39. The summed E-state index contributed by atoms with van der Waals surface area (Å²) in [4.78, 5) is 29.1. The zero-order chi connectivity index (χ0) is 18.5. The highest BCUT2D eigenvalue weighted by Crippen LogP contribution is 2.23. The van der Waals surface area contributed by atoms with E-state index in [0.29, 0.717) is 18.8 Å². The molecule has 2 fully saturated rings. The van der Waals surface area contributed by atoms with Gasteiger partial charge in [-0.05, 0) is 63.3 Å². The van der Waals surface area contributed by atoms with E-state index in [4.69, 9.17) is 4.74 Å². The van der Waals surface area contributed by atoms with E-state index in [2.05, 4.69) is 15.9 Å². The van der Waals surface area contributed by atoms with Crippen molar-refractivity contribution in [3.63, 3.8) is 0 Å². The van der Waals surface area contributed by atoms with E-state index in [1.165, 1.54) is 6.42 Å². The minimum Gasteiger partial charge on any atom is -0.481 e. The lowest BCUT2D eigenvalue weighted by molar-refractivity contribution is -0.144. The molecule has 0 N–H and O–H groups in total. The van der Waals surface area contributed by atoms with Crippen molar-refractivity contribution >= 4 is 27.7 Å². The third-order valence-electron chi connectivity index (χ3n) is 5.30. The second kappa shape index (κ2) is 8.89. The van der Waals surface area contributed by atoms with Gasteiger partial charge >= 0.3 is 0 Å². The Morgan fingerprint density at radius 3 is 2.23 bits per heavy atom. The van der Waals surface area contributed by atoms with Gasteiger partial charge in [-0.25, -0.2) is 0 Å². The number of ether oxygens (including phenoxy) is 1. The van der Waals surface area contributed by atoms with Crippen LogP contribution in [-0.4, -0.2) is 53.9 Å². The van der Waals surface area contributed by atoms with Crippen molar-refractivity contribution < 1.29 is 14.3 Å². The van der Waals surface area contributed by atoms with Crippen LogP contribution in [0.25, 0.3) is 0 Å². The summed E-state index contributed by atoms with van der Waals surface area (Å²) in [5.41, 5.74) is 0. The van der Waals surface area contributed by atoms with Crippen LogP contribution in [0.2, 0.25) is 0 Å². The van der Waals surface area contributed by atoms with E-state index < -0.39 is 6.10 Å². The number of piperidine rings is 2. The van der Waals surface area contributed by atoms with Gasteiger partial charge in [0, 0.05) is 36.6 Å². The van der Waals surface area contributed by atoms with Gasteiger partial charge in [0.1, 0.15) is 5.75 Å². The summed E-state index contributed by atoms with van der Waals surface area (Å²) in [6, 6.07) is 7.48. The molecule has 1 aromatic carbocycles. The summed E-state index contributed by atoms with van der Waals surface area (Å²) in [6.07, 6.45) is 4.46. The van der Waals surface area contributed by atoms with Crippen LogP contribution in [0.15, 0.2) is 28.7 Å². The fourth-order valence-corrected chi connectivity index (χ4v) is 4.01. The third kappa shape index (κ3) is 4.78. The fourth-order valence-electron chi connectivity index (χ4n) is 3.74. The van der Waals surface area contributed by atoms with E-state index in [0.717, 1.165) is 43.2 Å². The molecule has 2 aliphatic heterocycles. The zero-order valence-electron chi connectivity index (χ0n) is 15.3. The van der Waals surface area contributed by atoms with Gasteiger partial charge in [-0.15, -0.1) is 0 Å². The van der Waals surface area contributed by atoms with Crippen LogP contribution >= 0.6 is 15.9 Å². The molecule has 5 nitrogen and oxygen atoms in total. The number of rotatable bonds is 4. The monoisotopic (exact) mass is 422 g/mol. The molecule has 1 aromatic rings. The standard InChI is InChI=1S/C20H27BrN2O3/c1-15(26-18-7-5-17(21)6-8-18)19(24)23-13-9-16(10-14-23)20(25)22-11-3-2-4-12-22/h5-8,15-16H,2-4,9-14H2,1H3. The van der Waals surface area contributed by atoms with Crippen LogP contribution < -0.4 is 4.74 Å². The van der Waals surface area contributed by atoms with E-state index in [9.17, 15) is 9.59 Å². The molecule has 3 rings (SSSR count). The van der Waals surface area contributed by atoms with Crippen LogP contribution in [0.3, 0.4) is 0 Å². The lowest BCUT2D eigenvalue weighted by atomic mass is 9.94. The van der Waals surface area contributed by atoms with Crippen LogP contribution in [0.4, 0.5) is 0 Å². The first-order valence-electron chi connectivity index (χ1n) is 9.54. The van der Waals surface area contributed by atoms with Crippen molar-refractivity contribution in [1.82, 2.24) is 9.80 Å². The summed E-state index contributed by atoms with van der Waals surface area (Å²) in [7, 11) is 0. The van der Waals surface area contributed by atoms with Gasteiger partial charge in [-0.2, -0.15) is 0 Å². The lowest BCUT2D eigenvalue weighted by Gasteiger charge is -2.36. The maximum Gasteiger partial charge on any atom is 0.263 e. The fraction of sp³-hybridized carbons (Fsp3) is 0.600. The molecule has 0 bridgehead atoms. The average molecular weight is 423 g/mol. The molecule has 142 valence electrons. The van der Waals surface area contributed by atoms with E-state index >= 15 is 0 Å². The number of nitrogens with zero attached hydrogens (tertiary/aromatic N) is 2. The van der Waals surface area contributed by atoms with Crippen LogP contribution in [0, 0.1) is 5.92 Å². The number of halogens is 1. The van der Waals surface area contributed by atoms with E-state index in [1.807, 2.05) is 34.1 Å². The summed E-state index contributed by atoms with van der Waals surface area (Å²) in [5.74, 6) is 1.04. The second-order valence-electron chi connectivity index (χ2n) is 7.20. The molecule has 0 saturated carbocycles. The largest absolute Gasteiger partial charge is 0.481 e. The number of carbonyl (C=O) groups is 2. The smallest absolute Gasteiger partial charge is 0.263 e. The minimum absolute atomic E-state index is 0.00297. The SMILES string of the molecule is CC(Oc1ccc(Br)cc1)C(=O)N1CCC(C(=O)N2CCCCC2)CC1. The highest BCUT2D eigenvalue weighted by atomic mass is 79.9. The number of amides is 2. The van der Waals surface area contributed by atoms with Gasteiger partial charge in [0.05, 0.1) is 0 Å². The molecule has 2 heterocycles. The molecular formula is C20H27BrN2O3. The zero-order valence-corrected chi connectivity index (χ0v) is 16.9. The molecule has 0 aliphatic carbocycles. The number of carbonyl (C=O) groups excluding carboxylic acids is 2. The summed E-state index contributed by atoms with van der Waals surface area (Å²) in [5, 5.41) is 0. The maximum absolute atomic E-state index is 12.6. The Balaban J connectivity index is 1.48. The van der Waals surface area contributed by atoms with Gasteiger partial charge in [0.2, 0.25) is 5.91 Å². The molecule has 6 heteroatoms. The van der Waals surface area contributed by atoms with Crippen molar-refractivity contribution in [1.29, 1.82) is 0 Å². The average Bonchev–Trinajstić information content (AvgIpc) is 2.69. The molecule has 2 aliphatic rings. The van der Waals surface area contributed by atoms with E-state index in [-0.39, 0.29) is 17.7 Å². The predicted octanol–water partition coefficient (Wildman–Crippen LogP) is 3.47. The summed E-state index contributed by atoms with van der Waals surface area (Å²) < 4.78 is 6.74. The van der Waals surface area contributed by atoms with Gasteiger partial charge in [0.15, 0.2) is 6.10 Å². The Bertz CT molecular complexity index is 620. The first kappa shape index (κ1) is 19.2. The molecule has 0 spiro atoms.